The molecule has 0 bridgehead atoms. The van der Waals surface area contributed by atoms with E-state index < -0.39 is 0 Å². The van der Waals surface area contributed by atoms with Crippen molar-refractivity contribution in [3.63, 3.8) is 0 Å². The lowest BCUT2D eigenvalue weighted by Crippen LogP contribution is -2.10. The number of ether oxygens (including phenoxy) is 2. The Balaban J connectivity index is 2.43. The summed E-state index contributed by atoms with van der Waals surface area (Å²) < 4.78 is 10.6. The van der Waals surface area contributed by atoms with Crippen LogP contribution in [0, 0.1) is 11.3 Å². The zero-order chi connectivity index (χ0) is 14.1. The summed E-state index contributed by atoms with van der Waals surface area (Å²) in [6, 6.07) is 9.44. The number of hydrogen-bond donors (Lipinski definition) is 0. The fraction of sp³-hybridized carbons (Fsp3) is 0.467. The Morgan fingerprint density at radius 3 is 2.89 bits per heavy atom. The first-order chi connectivity index (χ1) is 9.11. The predicted octanol–water partition coefficient (Wildman–Crippen LogP) is 2.86. The highest BCUT2D eigenvalue weighted by atomic mass is 16.5. The van der Waals surface area contributed by atoms with Crippen LogP contribution in [-0.4, -0.2) is 18.7 Å². The van der Waals surface area contributed by atoms with Gasteiger partial charge in [0.1, 0.15) is 5.75 Å². The van der Waals surface area contributed by atoms with Crippen LogP contribution in [0.1, 0.15) is 32.3 Å². The molecule has 1 rings (SSSR count). The van der Waals surface area contributed by atoms with Crippen molar-refractivity contribution < 1.29 is 14.3 Å². The molecule has 0 aliphatic rings. The van der Waals surface area contributed by atoms with E-state index in [4.69, 9.17) is 14.7 Å². The van der Waals surface area contributed by atoms with Crippen LogP contribution in [0.2, 0.25) is 0 Å². The summed E-state index contributed by atoms with van der Waals surface area (Å²) in [5, 5.41) is 8.36. The van der Waals surface area contributed by atoms with Crippen molar-refractivity contribution in [3.05, 3.63) is 29.8 Å². The molecule has 0 aliphatic heterocycles. The molecule has 0 unspecified atom stereocenters. The van der Waals surface area contributed by atoms with Gasteiger partial charge in [0.25, 0.3) is 0 Å². The number of hydrogen-bond acceptors (Lipinski definition) is 4. The Kier molecular flexibility index (Phi) is 6.45. The fourth-order valence-electron chi connectivity index (χ4n) is 1.56. The monoisotopic (exact) mass is 261 g/mol. The van der Waals surface area contributed by atoms with Gasteiger partial charge in [-0.1, -0.05) is 12.1 Å². The summed E-state index contributed by atoms with van der Waals surface area (Å²) in [6.07, 6.45) is 1.32. The third-order valence-corrected chi connectivity index (χ3v) is 2.31. The topological polar surface area (TPSA) is 59.3 Å². The molecule has 0 N–H and O–H groups in total. The van der Waals surface area contributed by atoms with E-state index in [0.29, 0.717) is 19.4 Å². The normalized spacial score (nSPS) is 10.0. The van der Waals surface area contributed by atoms with E-state index >= 15 is 0 Å². The Morgan fingerprint density at radius 1 is 1.42 bits per heavy atom. The number of nitrogens with zero attached hydrogens (tertiary/aromatic N) is 1. The number of benzene rings is 1. The maximum atomic E-state index is 11.6. The van der Waals surface area contributed by atoms with Crippen molar-refractivity contribution in [2.45, 2.75) is 39.2 Å². The van der Waals surface area contributed by atoms with Gasteiger partial charge >= 0.3 is 5.97 Å². The predicted molar refractivity (Wildman–Crippen MR) is 71.7 cm³/mol. The molecule has 0 heterocycles. The lowest BCUT2D eigenvalue weighted by molar-refractivity contribution is -0.142. The maximum Gasteiger partial charge on any atom is 0.310 e. The van der Waals surface area contributed by atoms with Crippen LogP contribution in [0.25, 0.3) is 0 Å². The molecule has 0 spiro atoms. The molecule has 0 radical (unpaired) electrons. The van der Waals surface area contributed by atoms with Gasteiger partial charge in [0.05, 0.1) is 25.2 Å². The molecule has 0 aliphatic carbocycles. The van der Waals surface area contributed by atoms with Gasteiger partial charge in [0.2, 0.25) is 0 Å². The standard InChI is InChI=1S/C15H19NO3/c1-12(2)19-14-7-5-6-13(10-14)11-15(17)18-9-4-3-8-16/h5-7,10,12H,3-4,9,11H2,1-2H3. The minimum Gasteiger partial charge on any atom is -0.491 e. The highest BCUT2D eigenvalue weighted by Gasteiger charge is 2.06. The molecular weight excluding hydrogens is 242 g/mol. The highest BCUT2D eigenvalue weighted by Crippen LogP contribution is 2.15. The second-order valence-corrected chi connectivity index (χ2v) is 4.47. The van der Waals surface area contributed by atoms with Crippen molar-refractivity contribution >= 4 is 5.97 Å². The largest absolute Gasteiger partial charge is 0.491 e. The molecule has 4 nitrogen and oxygen atoms in total. The zero-order valence-electron chi connectivity index (χ0n) is 11.4. The third-order valence-electron chi connectivity index (χ3n) is 2.31. The smallest absolute Gasteiger partial charge is 0.310 e. The summed E-state index contributed by atoms with van der Waals surface area (Å²) in [5.74, 6) is 0.476. The summed E-state index contributed by atoms with van der Waals surface area (Å²) in [4.78, 5) is 11.6. The number of rotatable bonds is 7. The number of carbonyl (C=O) groups excluding carboxylic acids is 1. The van der Waals surface area contributed by atoms with E-state index in [9.17, 15) is 4.79 Å². The molecule has 19 heavy (non-hydrogen) atoms. The van der Waals surface area contributed by atoms with Gasteiger partial charge in [-0.3, -0.25) is 4.79 Å². The van der Waals surface area contributed by atoms with Crippen LogP contribution in [-0.2, 0) is 16.0 Å². The van der Waals surface area contributed by atoms with Gasteiger partial charge in [-0.25, -0.2) is 0 Å². The van der Waals surface area contributed by atoms with Gasteiger partial charge in [-0.15, -0.1) is 0 Å². The Hall–Kier alpha value is -2.02. The van der Waals surface area contributed by atoms with Crippen LogP contribution < -0.4 is 4.74 Å². The van der Waals surface area contributed by atoms with E-state index in [1.54, 1.807) is 0 Å². The molecule has 0 aromatic heterocycles. The molecule has 0 atom stereocenters. The summed E-state index contributed by atoms with van der Waals surface area (Å²) in [6.45, 7) is 4.21. The van der Waals surface area contributed by atoms with E-state index in [0.717, 1.165) is 11.3 Å². The van der Waals surface area contributed by atoms with E-state index in [1.165, 1.54) is 0 Å². The first-order valence-corrected chi connectivity index (χ1v) is 6.40. The molecular formula is C15H19NO3. The minimum atomic E-state index is -0.278. The number of carbonyl (C=O) groups is 1. The van der Waals surface area contributed by atoms with Gasteiger partial charge in [-0.2, -0.15) is 5.26 Å². The van der Waals surface area contributed by atoms with Gasteiger partial charge in [0.15, 0.2) is 0 Å². The Morgan fingerprint density at radius 2 is 2.21 bits per heavy atom. The van der Waals surface area contributed by atoms with Crippen molar-refractivity contribution in [3.8, 4) is 11.8 Å². The number of nitriles is 1. The first kappa shape index (κ1) is 15.0. The molecule has 0 fully saturated rings. The van der Waals surface area contributed by atoms with Crippen LogP contribution in [0.4, 0.5) is 0 Å². The molecule has 1 aromatic carbocycles. The van der Waals surface area contributed by atoms with Gasteiger partial charge in [0, 0.05) is 6.42 Å². The second kappa shape index (κ2) is 8.15. The first-order valence-electron chi connectivity index (χ1n) is 6.40. The Bertz CT molecular complexity index is 449. The number of unbranched alkanes of at least 4 members (excludes halogenated alkanes) is 1. The van der Waals surface area contributed by atoms with E-state index in [-0.39, 0.29) is 18.5 Å². The second-order valence-electron chi connectivity index (χ2n) is 4.47. The van der Waals surface area contributed by atoms with Crippen LogP contribution in [0.5, 0.6) is 5.75 Å². The van der Waals surface area contributed by atoms with Crippen molar-refractivity contribution in [2.75, 3.05) is 6.61 Å². The SMILES string of the molecule is CC(C)Oc1cccc(CC(=O)OCCCC#N)c1. The fourth-order valence-corrected chi connectivity index (χ4v) is 1.56. The molecule has 102 valence electrons. The van der Waals surface area contributed by atoms with E-state index in [1.807, 2.05) is 44.2 Å². The molecule has 0 saturated heterocycles. The van der Waals surface area contributed by atoms with E-state index in [2.05, 4.69) is 0 Å². The van der Waals surface area contributed by atoms with Crippen molar-refractivity contribution in [1.82, 2.24) is 0 Å². The van der Waals surface area contributed by atoms with Gasteiger partial charge < -0.3 is 9.47 Å². The Labute approximate surface area is 113 Å². The lowest BCUT2D eigenvalue weighted by atomic mass is 10.1. The summed E-state index contributed by atoms with van der Waals surface area (Å²) >= 11 is 0. The summed E-state index contributed by atoms with van der Waals surface area (Å²) in [5.41, 5.74) is 0.864. The quantitative estimate of drug-likeness (QED) is 0.559. The molecule has 4 heteroatoms. The van der Waals surface area contributed by atoms with Crippen molar-refractivity contribution in [2.24, 2.45) is 0 Å². The van der Waals surface area contributed by atoms with Crippen LogP contribution in [0.15, 0.2) is 24.3 Å². The lowest BCUT2D eigenvalue weighted by Gasteiger charge is -2.10. The highest BCUT2D eigenvalue weighted by molar-refractivity contribution is 5.72. The minimum absolute atomic E-state index is 0.105. The average molecular weight is 261 g/mol. The summed E-state index contributed by atoms with van der Waals surface area (Å²) in [7, 11) is 0. The molecule has 1 aromatic rings. The van der Waals surface area contributed by atoms with Crippen molar-refractivity contribution in [1.29, 1.82) is 5.26 Å². The third kappa shape index (κ3) is 6.46. The molecule has 0 saturated carbocycles. The maximum absolute atomic E-state index is 11.6. The molecule has 0 amide bonds. The van der Waals surface area contributed by atoms with Crippen LogP contribution in [0.3, 0.4) is 0 Å². The van der Waals surface area contributed by atoms with Gasteiger partial charge in [-0.05, 0) is 38.0 Å². The van der Waals surface area contributed by atoms with Crippen LogP contribution >= 0.6 is 0 Å². The average Bonchev–Trinajstić information content (AvgIpc) is 2.34. The zero-order valence-corrected chi connectivity index (χ0v) is 11.4. The number of esters is 1.